The van der Waals surface area contributed by atoms with E-state index in [4.69, 9.17) is 0 Å². The number of rotatable bonds is 4. The quantitative estimate of drug-likeness (QED) is 0.811. The molecule has 0 saturated heterocycles. The summed E-state index contributed by atoms with van der Waals surface area (Å²) in [4.78, 5) is 0. The van der Waals surface area contributed by atoms with Crippen molar-refractivity contribution < 1.29 is 8.78 Å². The maximum absolute atomic E-state index is 14.2. The molecule has 0 aromatic heterocycles. The van der Waals surface area contributed by atoms with Crippen LogP contribution in [0.4, 0.5) is 8.78 Å². The molecule has 1 N–H and O–H groups in total. The zero-order chi connectivity index (χ0) is 15.6. The molecular formula is C17H18BrF2N. The van der Waals surface area contributed by atoms with E-state index in [1.165, 1.54) is 0 Å². The molecule has 0 spiro atoms. The molecular weight excluding hydrogens is 336 g/mol. The van der Waals surface area contributed by atoms with Crippen molar-refractivity contribution in [3.8, 4) is 0 Å². The van der Waals surface area contributed by atoms with E-state index < -0.39 is 11.6 Å². The van der Waals surface area contributed by atoms with E-state index >= 15 is 0 Å². The highest BCUT2D eigenvalue weighted by atomic mass is 79.9. The number of benzene rings is 2. The van der Waals surface area contributed by atoms with Crippen molar-refractivity contribution >= 4 is 15.9 Å². The van der Waals surface area contributed by atoms with Gasteiger partial charge in [0.05, 0.1) is 6.04 Å². The van der Waals surface area contributed by atoms with Gasteiger partial charge in [0.25, 0.3) is 0 Å². The van der Waals surface area contributed by atoms with Crippen LogP contribution in [0.2, 0.25) is 0 Å². The molecule has 1 atom stereocenters. The van der Waals surface area contributed by atoms with Crippen LogP contribution in [-0.2, 0) is 0 Å². The molecule has 1 unspecified atom stereocenters. The van der Waals surface area contributed by atoms with E-state index in [9.17, 15) is 8.78 Å². The van der Waals surface area contributed by atoms with Crippen LogP contribution in [0.25, 0.3) is 0 Å². The Bertz CT molecular complexity index is 655. The summed E-state index contributed by atoms with van der Waals surface area (Å²) in [6, 6.07) is 8.14. The van der Waals surface area contributed by atoms with Crippen LogP contribution in [0.5, 0.6) is 0 Å². The minimum atomic E-state index is -0.522. The Morgan fingerprint density at radius 1 is 1.00 bits per heavy atom. The molecule has 112 valence electrons. The highest BCUT2D eigenvalue weighted by molar-refractivity contribution is 9.10. The highest BCUT2D eigenvalue weighted by Crippen LogP contribution is 2.30. The lowest BCUT2D eigenvalue weighted by Gasteiger charge is -2.22. The van der Waals surface area contributed by atoms with Crippen LogP contribution >= 0.6 is 15.9 Å². The van der Waals surface area contributed by atoms with Crippen LogP contribution in [0, 0.1) is 25.5 Å². The van der Waals surface area contributed by atoms with Gasteiger partial charge in [-0.05, 0) is 55.3 Å². The topological polar surface area (TPSA) is 12.0 Å². The van der Waals surface area contributed by atoms with Gasteiger partial charge in [-0.25, -0.2) is 8.78 Å². The number of hydrogen-bond donors (Lipinski definition) is 1. The van der Waals surface area contributed by atoms with Gasteiger partial charge in [-0.1, -0.05) is 28.9 Å². The molecule has 0 aliphatic heterocycles. The third kappa shape index (κ3) is 3.50. The maximum atomic E-state index is 14.2. The van der Waals surface area contributed by atoms with Crippen molar-refractivity contribution in [2.75, 3.05) is 6.54 Å². The second kappa shape index (κ2) is 6.67. The molecule has 4 heteroatoms. The average molecular weight is 354 g/mol. The summed E-state index contributed by atoms with van der Waals surface area (Å²) in [5, 5.41) is 3.29. The van der Waals surface area contributed by atoms with Crippen molar-refractivity contribution in [3.63, 3.8) is 0 Å². The predicted octanol–water partition coefficient (Wildman–Crippen LogP) is 5.04. The SMILES string of the molecule is CCNC(c1ccc(Br)cc1C)c1cc(C)c(F)cc1F. The Hall–Kier alpha value is -1.26. The molecule has 1 nitrogen and oxygen atoms in total. The average Bonchev–Trinajstić information content (AvgIpc) is 2.41. The van der Waals surface area contributed by atoms with Crippen molar-refractivity contribution in [1.82, 2.24) is 5.32 Å². The van der Waals surface area contributed by atoms with Gasteiger partial charge >= 0.3 is 0 Å². The zero-order valence-electron chi connectivity index (χ0n) is 12.3. The first-order valence-electron chi connectivity index (χ1n) is 6.89. The zero-order valence-corrected chi connectivity index (χ0v) is 13.9. The molecule has 0 saturated carbocycles. The molecule has 0 aliphatic rings. The monoisotopic (exact) mass is 353 g/mol. The number of hydrogen-bond acceptors (Lipinski definition) is 1. The van der Waals surface area contributed by atoms with Gasteiger partial charge < -0.3 is 5.32 Å². The second-order valence-corrected chi connectivity index (χ2v) is 6.03. The van der Waals surface area contributed by atoms with E-state index in [0.717, 1.165) is 21.7 Å². The third-order valence-electron chi connectivity index (χ3n) is 3.54. The second-order valence-electron chi connectivity index (χ2n) is 5.11. The third-order valence-corrected chi connectivity index (χ3v) is 4.03. The Balaban J connectivity index is 2.55. The van der Waals surface area contributed by atoms with Crippen molar-refractivity contribution in [2.45, 2.75) is 26.8 Å². The van der Waals surface area contributed by atoms with Crippen molar-refractivity contribution in [2.24, 2.45) is 0 Å². The lowest BCUT2D eigenvalue weighted by molar-refractivity contribution is 0.537. The van der Waals surface area contributed by atoms with Gasteiger partial charge in [-0.2, -0.15) is 0 Å². The maximum Gasteiger partial charge on any atom is 0.131 e. The lowest BCUT2D eigenvalue weighted by Crippen LogP contribution is -2.24. The molecule has 0 heterocycles. The van der Waals surface area contributed by atoms with Crippen LogP contribution in [-0.4, -0.2) is 6.54 Å². The smallest absolute Gasteiger partial charge is 0.131 e. The largest absolute Gasteiger partial charge is 0.306 e. The number of halogens is 3. The van der Waals surface area contributed by atoms with Crippen molar-refractivity contribution in [3.05, 3.63) is 68.7 Å². The van der Waals surface area contributed by atoms with Gasteiger partial charge in [-0.3, -0.25) is 0 Å². The number of aryl methyl sites for hydroxylation is 2. The lowest BCUT2D eigenvalue weighted by atomic mass is 9.93. The standard InChI is InChI=1S/C17H18BrF2N/c1-4-21-17(13-6-5-12(18)7-10(13)2)14-8-11(3)15(19)9-16(14)20/h5-9,17,21H,4H2,1-3H3. The molecule has 2 aromatic carbocycles. The van der Waals surface area contributed by atoms with E-state index in [0.29, 0.717) is 17.7 Å². The van der Waals surface area contributed by atoms with Crippen LogP contribution < -0.4 is 5.32 Å². The summed E-state index contributed by atoms with van der Waals surface area (Å²) >= 11 is 3.43. The molecule has 2 rings (SSSR count). The fourth-order valence-corrected chi connectivity index (χ4v) is 2.93. The summed E-state index contributed by atoms with van der Waals surface area (Å²) in [5.41, 5.74) is 2.96. The normalized spacial score (nSPS) is 12.5. The van der Waals surface area contributed by atoms with Crippen LogP contribution in [0.15, 0.2) is 34.8 Å². The Morgan fingerprint density at radius 3 is 2.33 bits per heavy atom. The van der Waals surface area contributed by atoms with E-state index in [1.54, 1.807) is 13.0 Å². The van der Waals surface area contributed by atoms with Crippen LogP contribution in [0.3, 0.4) is 0 Å². The van der Waals surface area contributed by atoms with E-state index in [1.807, 2.05) is 32.0 Å². The Morgan fingerprint density at radius 2 is 1.71 bits per heavy atom. The molecule has 0 radical (unpaired) electrons. The minimum Gasteiger partial charge on any atom is -0.306 e. The van der Waals surface area contributed by atoms with E-state index in [2.05, 4.69) is 21.2 Å². The van der Waals surface area contributed by atoms with Gasteiger partial charge in [-0.15, -0.1) is 0 Å². The Kier molecular flexibility index (Phi) is 5.12. The van der Waals surface area contributed by atoms with Gasteiger partial charge in [0.15, 0.2) is 0 Å². The molecule has 0 fully saturated rings. The highest BCUT2D eigenvalue weighted by Gasteiger charge is 2.20. The van der Waals surface area contributed by atoms with E-state index in [-0.39, 0.29) is 6.04 Å². The Labute approximate surface area is 132 Å². The fourth-order valence-electron chi connectivity index (χ4n) is 2.46. The minimum absolute atomic E-state index is 0.289. The van der Waals surface area contributed by atoms with Gasteiger partial charge in [0.1, 0.15) is 11.6 Å². The summed E-state index contributed by atoms with van der Waals surface area (Å²) in [7, 11) is 0. The first kappa shape index (κ1) is 16.1. The summed E-state index contributed by atoms with van der Waals surface area (Å²) < 4.78 is 28.7. The van der Waals surface area contributed by atoms with Crippen LogP contribution in [0.1, 0.15) is 35.2 Å². The molecule has 21 heavy (non-hydrogen) atoms. The molecule has 0 amide bonds. The first-order chi connectivity index (χ1) is 9.93. The summed E-state index contributed by atoms with van der Waals surface area (Å²) in [6.45, 7) is 6.29. The fraction of sp³-hybridized carbons (Fsp3) is 0.294. The van der Waals surface area contributed by atoms with Gasteiger partial charge in [0.2, 0.25) is 0 Å². The number of nitrogens with one attached hydrogen (secondary N) is 1. The molecule has 2 aromatic rings. The predicted molar refractivity (Wildman–Crippen MR) is 85.5 cm³/mol. The van der Waals surface area contributed by atoms with Gasteiger partial charge in [0, 0.05) is 16.1 Å². The summed E-state index contributed by atoms with van der Waals surface area (Å²) in [6.07, 6.45) is 0. The molecule has 0 bridgehead atoms. The summed E-state index contributed by atoms with van der Waals surface area (Å²) in [5.74, 6) is -1.04. The van der Waals surface area contributed by atoms with Crippen molar-refractivity contribution in [1.29, 1.82) is 0 Å². The first-order valence-corrected chi connectivity index (χ1v) is 7.68. The molecule has 0 aliphatic carbocycles.